The number of fused-ring (bicyclic) bond motifs is 1. The van der Waals surface area contributed by atoms with Crippen LogP contribution in [0, 0.1) is 0 Å². The largest absolute Gasteiger partial charge is 0.489 e. The molecule has 0 aliphatic carbocycles. The zero-order chi connectivity index (χ0) is 27.2. The standard InChI is InChI=1S/C32H29N3O3S/c1-3-21(2)23-15-16-29-28(19-23)34-31(38-29)25-12-7-13-26(17-25)33-32(39)35-30(36)24-11-8-14-27(18-24)37-20-22-9-5-4-6-10-22/h4-19,21H,3,20H2,1-2H3,(H2,33,35,36,39)/t21-/m1/s1. The normalized spacial score (nSPS) is 11.6. The second-order valence-corrected chi connectivity index (χ2v) is 9.75. The minimum Gasteiger partial charge on any atom is -0.489 e. The van der Waals surface area contributed by atoms with Gasteiger partial charge >= 0.3 is 0 Å². The molecule has 0 saturated carbocycles. The van der Waals surface area contributed by atoms with Crippen molar-refractivity contribution in [3.63, 3.8) is 0 Å². The molecule has 0 aliphatic rings. The molecule has 1 amide bonds. The second kappa shape index (κ2) is 11.9. The lowest BCUT2D eigenvalue weighted by molar-refractivity contribution is 0.0977. The molecule has 6 nitrogen and oxygen atoms in total. The lowest BCUT2D eigenvalue weighted by atomic mass is 9.98. The zero-order valence-electron chi connectivity index (χ0n) is 21.8. The fourth-order valence-corrected chi connectivity index (χ4v) is 4.36. The Balaban J connectivity index is 1.22. The Labute approximate surface area is 233 Å². The average molecular weight is 536 g/mol. The van der Waals surface area contributed by atoms with Crippen LogP contribution in [0.1, 0.15) is 47.7 Å². The summed E-state index contributed by atoms with van der Waals surface area (Å²) in [4.78, 5) is 17.5. The number of nitrogens with zero attached hydrogens (tertiary/aromatic N) is 1. The molecule has 0 saturated heterocycles. The summed E-state index contributed by atoms with van der Waals surface area (Å²) >= 11 is 5.41. The van der Waals surface area contributed by atoms with Crippen LogP contribution in [0.25, 0.3) is 22.6 Å². The van der Waals surface area contributed by atoms with Gasteiger partial charge in [0, 0.05) is 16.8 Å². The number of hydrogen-bond donors (Lipinski definition) is 2. The van der Waals surface area contributed by atoms with E-state index < -0.39 is 0 Å². The number of amides is 1. The van der Waals surface area contributed by atoms with Crippen LogP contribution in [0.15, 0.2) is 101 Å². The number of oxazole rings is 1. The van der Waals surface area contributed by atoms with E-state index in [4.69, 9.17) is 26.4 Å². The Kier molecular flexibility index (Phi) is 7.99. The SMILES string of the molecule is CC[C@@H](C)c1ccc2oc(-c3cccc(NC(=S)NC(=O)c4cccc(OCc5ccccc5)c4)c3)nc2c1. The second-order valence-electron chi connectivity index (χ2n) is 9.35. The summed E-state index contributed by atoms with van der Waals surface area (Å²) < 4.78 is 11.9. The van der Waals surface area contributed by atoms with Gasteiger partial charge in [-0.1, -0.05) is 62.4 Å². The molecule has 5 rings (SSSR count). The smallest absolute Gasteiger partial charge is 0.257 e. The van der Waals surface area contributed by atoms with E-state index in [1.807, 2.05) is 66.7 Å². The fourth-order valence-electron chi connectivity index (χ4n) is 4.15. The number of ether oxygens (including phenoxy) is 1. The first-order valence-electron chi connectivity index (χ1n) is 12.9. The molecule has 0 spiro atoms. The maximum atomic E-state index is 12.8. The van der Waals surface area contributed by atoms with E-state index in [1.54, 1.807) is 18.2 Å². The monoisotopic (exact) mass is 535 g/mol. The van der Waals surface area contributed by atoms with Gasteiger partial charge in [-0.2, -0.15) is 0 Å². The molecule has 0 aliphatic heterocycles. The molecule has 0 radical (unpaired) electrons. The highest BCUT2D eigenvalue weighted by Crippen LogP contribution is 2.29. The number of carbonyl (C=O) groups excluding carboxylic acids is 1. The van der Waals surface area contributed by atoms with Gasteiger partial charge in [0.25, 0.3) is 5.91 Å². The van der Waals surface area contributed by atoms with E-state index in [0.29, 0.717) is 35.4 Å². The first kappa shape index (κ1) is 26.1. The minimum atomic E-state index is -0.329. The number of rotatable bonds is 8. The molecule has 0 unspecified atom stereocenters. The highest BCUT2D eigenvalue weighted by Gasteiger charge is 2.13. The van der Waals surface area contributed by atoms with Crippen LogP contribution in [0.2, 0.25) is 0 Å². The Morgan fingerprint density at radius 3 is 2.62 bits per heavy atom. The zero-order valence-corrected chi connectivity index (χ0v) is 22.6. The van der Waals surface area contributed by atoms with Gasteiger partial charge in [-0.05, 0) is 84.2 Å². The number of nitrogens with one attached hydrogen (secondary N) is 2. The highest BCUT2D eigenvalue weighted by molar-refractivity contribution is 7.80. The minimum absolute atomic E-state index is 0.184. The number of benzene rings is 4. The van der Waals surface area contributed by atoms with Crippen molar-refractivity contribution in [2.45, 2.75) is 32.8 Å². The number of carbonyl (C=O) groups is 1. The molecular weight excluding hydrogens is 506 g/mol. The first-order valence-corrected chi connectivity index (χ1v) is 13.3. The quantitative estimate of drug-likeness (QED) is 0.198. The van der Waals surface area contributed by atoms with Crippen molar-refractivity contribution in [1.29, 1.82) is 0 Å². The predicted octanol–water partition coefficient (Wildman–Crippen LogP) is 7.71. The van der Waals surface area contributed by atoms with E-state index >= 15 is 0 Å². The lowest BCUT2D eigenvalue weighted by Crippen LogP contribution is -2.34. The Morgan fingerprint density at radius 1 is 0.974 bits per heavy atom. The van der Waals surface area contributed by atoms with E-state index in [1.165, 1.54) is 5.56 Å². The predicted molar refractivity (Wildman–Crippen MR) is 159 cm³/mol. The summed E-state index contributed by atoms with van der Waals surface area (Å²) in [5, 5.41) is 6.00. The third kappa shape index (κ3) is 6.51. The van der Waals surface area contributed by atoms with Crippen LogP contribution in [-0.4, -0.2) is 16.0 Å². The highest BCUT2D eigenvalue weighted by atomic mass is 32.1. The van der Waals surface area contributed by atoms with Crippen molar-refractivity contribution in [3.8, 4) is 17.2 Å². The number of thiocarbonyl (C=S) groups is 1. The molecule has 5 aromatic rings. The Hall–Kier alpha value is -4.49. The van der Waals surface area contributed by atoms with Crippen molar-refractivity contribution < 1.29 is 13.9 Å². The number of anilines is 1. The topological polar surface area (TPSA) is 76.4 Å². The van der Waals surface area contributed by atoms with Gasteiger partial charge in [-0.25, -0.2) is 4.98 Å². The van der Waals surface area contributed by atoms with Gasteiger partial charge in [0.15, 0.2) is 10.7 Å². The molecule has 7 heteroatoms. The molecule has 1 aromatic heterocycles. The third-order valence-corrected chi connectivity index (χ3v) is 6.74. The summed E-state index contributed by atoms with van der Waals surface area (Å²) in [7, 11) is 0. The molecule has 0 fully saturated rings. The summed E-state index contributed by atoms with van der Waals surface area (Å²) in [6, 6.07) is 30.6. The molecular formula is C32H29N3O3S. The van der Waals surface area contributed by atoms with Crippen molar-refractivity contribution >= 4 is 40.0 Å². The number of aromatic nitrogens is 1. The van der Waals surface area contributed by atoms with Crippen LogP contribution >= 0.6 is 12.2 Å². The summed E-state index contributed by atoms with van der Waals surface area (Å²) in [5.41, 5.74) is 5.83. The molecule has 196 valence electrons. The summed E-state index contributed by atoms with van der Waals surface area (Å²) in [6.07, 6.45) is 1.06. The molecule has 2 N–H and O–H groups in total. The van der Waals surface area contributed by atoms with Gasteiger partial charge in [0.05, 0.1) is 0 Å². The van der Waals surface area contributed by atoms with Gasteiger partial charge < -0.3 is 14.5 Å². The maximum Gasteiger partial charge on any atom is 0.257 e. The molecule has 1 atom stereocenters. The Morgan fingerprint density at radius 2 is 1.79 bits per heavy atom. The van der Waals surface area contributed by atoms with Crippen LogP contribution in [0.5, 0.6) is 5.75 Å². The summed E-state index contributed by atoms with van der Waals surface area (Å²) in [6.45, 7) is 4.80. The van der Waals surface area contributed by atoms with E-state index in [0.717, 1.165) is 28.6 Å². The fraction of sp³-hybridized carbons (Fsp3) is 0.156. The van der Waals surface area contributed by atoms with Crippen molar-refractivity contribution in [1.82, 2.24) is 10.3 Å². The van der Waals surface area contributed by atoms with E-state index in [9.17, 15) is 4.79 Å². The van der Waals surface area contributed by atoms with Gasteiger partial charge in [-0.15, -0.1) is 0 Å². The van der Waals surface area contributed by atoms with Crippen LogP contribution in [-0.2, 0) is 6.61 Å². The lowest BCUT2D eigenvalue weighted by Gasteiger charge is -2.11. The van der Waals surface area contributed by atoms with Gasteiger partial charge in [0.2, 0.25) is 5.89 Å². The summed E-state index contributed by atoms with van der Waals surface area (Å²) in [5.74, 6) is 1.26. The van der Waals surface area contributed by atoms with Gasteiger partial charge in [0.1, 0.15) is 17.9 Å². The average Bonchev–Trinajstić information content (AvgIpc) is 3.40. The first-order chi connectivity index (χ1) is 19.0. The van der Waals surface area contributed by atoms with Crippen molar-refractivity contribution in [2.24, 2.45) is 0 Å². The van der Waals surface area contributed by atoms with Crippen LogP contribution in [0.4, 0.5) is 5.69 Å². The van der Waals surface area contributed by atoms with Crippen molar-refractivity contribution in [3.05, 3.63) is 114 Å². The van der Waals surface area contributed by atoms with Crippen LogP contribution < -0.4 is 15.4 Å². The van der Waals surface area contributed by atoms with Gasteiger partial charge in [-0.3, -0.25) is 10.1 Å². The molecule has 1 heterocycles. The van der Waals surface area contributed by atoms with Crippen LogP contribution in [0.3, 0.4) is 0 Å². The maximum absolute atomic E-state index is 12.8. The molecule has 4 aromatic carbocycles. The Bertz CT molecular complexity index is 1610. The molecule has 39 heavy (non-hydrogen) atoms. The number of hydrogen-bond acceptors (Lipinski definition) is 5. The third-order valence-electron chi connectivity index (χ3n) is 6.53. The van der Waals surface area contributed by atoms with Crippen molar-refractivity contribution in [2.75, 3.05) is 5.32 Å². The molecule has 0 bridgehead atoms. The van der Waals surface area contributed by atoms with E-state index in [2.05, 4.69) is 36.6 Å². The van der Waals surface area contributed by atoms with E-state index in [-0.39, 0.29) is 11.0 Å².